The van der Waals surface area contributed by atoms with Gasteiger partial charge in [0, 0.05) is 9.90 Å². The molecule has 2 heterocycles. The number of esters is 1. The Hall–Kier alpha value is -2.77. The van der Waals surface area contributed by atoms with E-state index in [1.165, 1.54) is 11.3 Å². The fourth-order valence-electron chi connectivity index (χ4n) is 3.60. The summed E-state index contributed by atoms with van der Waals surface area (Å²) in [6.45, 7) is 3.78. The smallest absolute Gasteiger partial charge is 0.341 e. The molecule has 1 aliphatic rings. The van der Waals surface area contributed by atoms with Crippen molar-refractivity contribution in [2.75, 3.05) is 5.32 Å². The molecule has 0 aliphatic heterocycles. The quantitative estimate of drug-likeness (QED) is 0.409. The lowest BCUT2D eigenvalue weighted by molar-refractivity contribution is 0.0378. The van der Waals surface area contributed by atoms with Gasteiger partial charge in [-0.15, -0.1) is 11.3 Å². The Morgan fingerprint density at radius 1 is 1.19 bits per heavy atom. The Balaban J connectivity index is 1.48. The molecule has 0 fully saturated rings. The van der Waals surface area contributed by atoms with Crippen LogP contribution in [0.5, 0.6) is 5.75 Å². The predicted octanol–water partition coefficient (Wildman–Crippen LogP) is 6.27. The van der Waals surface area contributed by atoms with Gasteiger partial charge >= 0.3 is 5.97 Å². The predicted molar refractivity (Wildman–Crippen MR) is 124 cm³/mol. The molecule has 0 radical (unpaired) electrons. The van der Waals surface area contributed by atoms with E-state index < -0.39 is 11.9 Å². The Labute approximate surface area is 195 Å². The van der Waals surface area contributed by atoms with E-state index >= 15 is 0 Å². The summed E-state index contributed by atoms with van der Waals surface area (Å²) in [6, 6.07) is 10.3. The molecular weight excluding hydrogens is 450 g/mol. The summed E-state index contributed by atoms with van der Waals surface area (Å²) in [5, 5.41) is 3.95. The second-order valence-corrected chi connectivity index (χ2v) is 9.38. The zero-order valence-corrected chi connectivity index (χ0v) is 19.5. The van der Waals surface area contributed by atoms with E-state index in [0.717, 1.165) is 36.1 Å². The number of anilines is 1. The minimum absolute atomic E-state index is 0.143. The van der Waals surface area contributed by atoms with Gasteiger partial charge in [-0.2, -0.15) is 0 Å². The highest BCUT2D eigenvalue weighted by molar-refractivity contribution is 7.17. The van der Waals surface area contributed by atoms with Gasteiger partial charge in [0.2, 0.25) is 0 Å². The number of ether oxygens (including phenoxy) is 2. The van der Waals surface area contributed by atoms with Crippen LogP contribution in [0.3, 0.4) is 0 Å². The van der Waals surface area contributed by atoms with E-state index in [1.54, 1.807) is 36.4 Å². The number of furan rings is 1. The number of thiophene rings is 1. The van der Waals surface area contributed by atoms with Gasteiger partial charge in [0.05, 0.1) is 11.7 Å². The molecule has 3 aromatic rings. The molecular formula is C24H24ClNO5S. The lowest BCUT2D eigenvalue weighted by atomic mass is 9.95. The molecule has 2 aromatic heterocycles. The summed E-state index contributed by atoms with van der Waals surface area (Å²) in [6.07, 6.45) is 3.58. The van der Waals surface area contributed by atoms with Gasteiger partial charge in [0.1, 0.15) is 23.1 Å². The van der Waals surface area contributed by atoms with E-state index in [4.69, 9.17) is 25.5 Å². The fraction of sp³-hybridized carbons (Fsp3) is 0.333. The minimum atomic E-state index is -0.420. The van der Waals surface area contributed by atoms with Crippen molar-refractivity contribution in [2.24, 2.45) is 0 Å². The number of hydrogen-bond acceptors (Lipinski definition) is 6. The molecule has 168 valence electrons. The largest absolute Gasteiger partial charge is 0.486 e. The third-order valence-electron chi connectivity index (χ3n) is 5.01. The summed E-state index contributed by atoms with van der Waals surface area (Å²) >= 11 is 7.41. The zero-order valence-electron chi connectivity index (χ0n) is 17.9. The topological polar surface area (TPSA) is 77.8 Å². The van der Waals surface area contributed by atoms with Crippen molar-refractivity contribution in [3.8, 4) is 5.75 Å². The van der Waals surface area contributed by atoms with Crippen molar-refractivity contribution in [3.63, 3.8) is 0 Å². The van der Waals surface area contributed by atoms with Crippen LogP contribution in [0.4, 0.5) is 5.00 Å². The van der Waals surface area contributed by atoms with Gasteiger partial charge in [-0.3, -0.25) is 4.79 Å². The minimum Gasteiger partial charge on any atom is -0.486 e. The number of carbonyl (C=O) groups is 2. The first-order valence-electron chi connectivity index (χ1n) is 10.5. The van der Waals surface area contributed by atoms with Crippen LogP contribution in [0.1, 0.15) is 63.8 Å². The first kappa shape index (κ1) is 22.4. The lowest BCUT2D eigenvalue weighted by Crippen LogP contribution is -2.17. The first-order valence-corrected chi connectivity index (χ1v) is 11.7. The number of rotatable bonds is 7. The second-order valence-electron chi connectivity index (χ2n) is 7.84. The van der Waals surface area contributed by atoms with Gasteiger partial charge in [0.15, 0.2) is 5.76 Å². The maximum Gasteiger partial charge on any atom is 0.341 e. The van der Waals surface area contributed by atoms with Gasteiger partial charge in [-0.1, -0.05) is 17.7 Å². The number of amides is 1. The van der Waals surface area contributed by atoms with Gasteiger partial charge in [-0.05, 0) is 75.4 Å². The molecule has 0 bridgehead atoms. The van der Waals surface area contributed by atoms with Crippen molar-refractivity contribution in [1.82, 2.24) is 0 Å². The van der Waals surface area contributed by atoms with E-state index in [-0.39, 0.29) is 18.5 Å². The van der Waals surface area contributed by atoms with E-state index in [1.807, 2.05) is 13.8 Å². The molecule has 8 heteroatoms. The van der Waals surface area contributed by atoms with Crippen molar-refractivity contribution >= 4 is 39.8 Å². The highest BCUT2D eigenvalue weighted by Gasteiger charge is 2.28. The summed E-state index contributed by atoms with van der Waals surface area (Å²) in [5.41, 5.74) is 1.47. The van der Waals surface area contributed by atoms with Crippen LogP contribution in [0.25, 0.3) is 0 Å². The third-order valence-corrected chi connectivity index (χ3v) is 6.45. The van der Waals surface area contributed by atoms with Gasteiger partial charge < -0.3 is 19.2 Å². The van der Waals surface area contributed by atoms with Crippen molar-refractivity contribution in [1.29, 1.82) is 0 Å². The van der Waals surface area contributed by atoms with Crippen LogP contribution >= 0.6 is 22.9 Å². The molecule has 0 spiro atoms. The standard InChI is InChI=1S/C24H24ClNO5S/c1-14(2)30-24(28)21-18-8-3-4-9-20(18)32-23(21)26-22(27)19-11-10-17(31-19)13-29-16-7-5-6-15(25)12-16/h5-7,10-12,14H,3-4,8-9,13H2,1-2H3,(H,26,27). The Kier molecular flexibility index (Phi) is 6.86. The fourth-order valence-corrected chi connectivity index (χ4v) is 5.05. The van der Waals surface area contributed by atoms with Gasteiger partial charge in [0.25, 0.3) is 5.91 Å². The third kappa shape index (κ3) is 5.16. The van der Waals surface area contributed by atoms with Crippen LogP contribution in [0.2, 0.25) is 5.02 Å². The summed E-state index contributed by atoms with van der Waals surface area (Å²) < 4.78 is 16.8. The monoisotopic (exact) mass is 473 g/mol. The highest BCUT2D eigenvalue weighted by Crippen LogP contribution is 2.39. The van der Waals surface area contributed by atoms with Crippen LogP contribution < -0.4 is 10.1 Å². The summed E-state index contributed by atoms with van der Waals surface area (Å²) in [7, 11) is 0. The average Bonchev–Trinajstić information content (AvgIpc) is 3.36. The van der Waals surface area contributed by atoms with Crippen molar-refractivity contribution < 1.29 is 23.5 Å². The Bertz CT molecular complexity index is 1130. The number of carbonyl (C=O) groups excluding carboxylic acids is 2. The number of halogens is 1. The second kappa shape index (κ2) is 9.79. The van der Waals surface area contributed by atoms with Crippen LogP contribution in [0.15, 0.2) is 40.8 Å². The molecule has 6 nitrogen and oxygen atoms in total. The highest BCUT2D eigenvalue weighted by atomic mass is 35.5. The maximum atomic E-state index is 12.8. The van der Waals surface area contributed by atoms with E-state index in [2.05, 4.69) is 5.32 Å². The summed E-state index contributed by atoms with van der Waals surface area (Å²) in [4.78, 5) is 26.7. The lowest BCUT2D eigenvalue weighted by Gasteiger charge is -2.14. The normalized spacial score (nSPS) is 13.0. The van der Waals surface area contributed by atoms with Gasteiger partial charge in [-0.25, -0.2) is 4.79 Å². The molecule has 0 atom stereocenters. The Morgan fingerprint density at radius 2 is 2.00 bits per heavy atom. The molecule has 0 saturated heterocycles. The van der Waals surface area contributed by atoms with E-state index in [0.29, 0.717) is 27.1 Å². The van der Waals surface area contributed by atoms with Crippen LogP contribution in [-0.4, -0.2) is 18.0 Å². The summed E-state index contributed by atoms with van der Waals surface area (Å²) in [5.74, 6) is 0.433. The zero-order chi connectivity index (χ0) is 22.7. The molecule has 1 aromatic carbocycles. The molecule has 32 heavy (non-hydrogen) atoms. The number of benzene rings is 1. The van der Waals surface area contributed by atoms with Crippen LogP contribution in [0, 0.1) is 0 Å². The SMILES string of the molecule is CC(C)OC(=O)c1c(NC(=O)c2ccc(COc3cccc(Cl)c3)o2)sc2c1CCCC2. The van der Waals surface area contributed by atoms with Crippen molar-refractivity contribution in [2.45, 2.75) is 52.2 Å². The van der Waals surface area contributed by atoms with Crippen LogP contribution in [-0.2, 0) is 24.2 Å². The number of hydrogen-bond donors (Lipinski definition) is 1. The Morgan fingerprint density at radius 3 is 2.78 bits per heavy atom. The maximum absolute atomic E-state index is 12.8. The molecule has 1 amide bonds. The first-order chi connectivity index (χ1) is 15.4. The molecule has 0 saturated carbocycles. The molecule has 1 N–H and O–H groups in total. The van der Waals surface area contributed by atoms with E-state index in [9.17, 15) is 9.59 Å². The molecule has 1 aliphatic carbocycles. The number of aryl methyl sites for hydroxylation is 1. The average molecular weight is 474 g/mol. The molecule has 4 rings (SSSR count). The van der Waals surface area contributed by atoms with Crippen molar-refractivity contribution in [3.05, 3.63) is 68.9 Å². The number of fused-ring (bicyclic) bond motifs is 1. The number of nitrogens with one attached hydrogen (secondary N) is 1. The molecule has 0 unspecified atom stereocenters.